The molecule has 2 aliphatic heterocycles. The van der Waals surface area contributed by atoms with Crippen molar-refractivity contribution in [3.8, 4) is 11.1 Å². The zero-order valence-corrected chi connectivity index (χ0v) is 24.3. The van der Waals surface area contributed by atoms with E-state index in [2.05, 4.69) is 9.72 Å². The fourth-order valence-electron chi connectivity index (χ4n) is 6.12. The fraction of sp³-hybridized carbons (Fsp3) is 0.419. The molecular formula is C31H33F2N5O4. The second kappa shape index (κ2) is 10.2. The average Bonchev–Trinajstić information content (AvgIpc) is 3.69. The predicted molar refractivity (Wildman–Crippen MR) is 152 cm³/mol. The number of halogens is 2. The summed E-state index contributed by atoms with van der Waals surface area (Å²) < 4.78 is 41.2. The van der Waals surface area contributed by atoms with Gasteiger partial charge in [0, 0.05) is 36.8 Å². The Hall–Kier alpha value is -4.28. The van der Waals surface area contributed by atoms with Gasteiger partial charge in [-0.2, -0.15) is 0 Å². The Morgan fingerprint density at radius 2 is 1.86 bits per heavy atom. The molecule has 0 spiro atoms. The maximum Gasteiger partial charge on any atom is 0.410 e. The molecule has 2 amide bonds. The number of nitrogens with zero attached hydrogens (tertiary/aromatic N) is 5. The smallest absolute Gasteiger partial charge is 0.410 e. The van der Waals surface area contributed by atoms with Crippen molar-refractivity contribution in [3.05, 3.63) is 65.3 Å². The molecule has 0 saturated carbocycles. The van der Waals surface area contributed by atoms with Gasteiger partial charge in [0.25, 0.3) is 0 Å². The lowest BCUT2D eigenvalue weighted by molar-refractivity contribution is -0.117. The lowest BCUT2D eigenvalue weighted by atomic mass is 10.0. The van der Waals surface area contributed by atoms with Crippen LogP contribution in [0.1, 0.15) is 69.4 Å². The van der Waals surface area contributed by atoms with Crippen molar-refractivity contribution in [3.63, 3.8) is 0 Å². The number of imidazole rings is 1. The van der Waals surface area contributed by atoms with E-state index >= 15 is 0 Å². The number of aromatic nitrogens is 3. The minimum absolute atomic E-state index is 0.134. The lowest BCUT2D eigenvalue weighted by Gasteiger charge is -2.28. The van der Waals surface area contributed by atoms with Crippen molar-refractivity contribution < 1.29 is 27.6 Å². The summed E-state index contributed by atoms with van der Waals surface area (Å²) in [5.74, 6) is -0.863. The molecule has 4 heterocycles. The van der Waals surface area contributed by atoms with E-state index in [0.29, 0.717) is 43.0 Å². The van der Waals surface area contributed by atoms with Crippen LogP contribution in [0.5, 0.6) is 0 Å². The van der Waals surface area contributed by atoms with Gasteiger partial charge in [-0.1, -0.05) is 11.2 Å². The van der Waals surface area contributed by atoms with E-state index in [4.69, 9.17) is 14.2 Å². The van der Waals surface area contributed by atoms with Crippen molar-refractivity contribution in [2.75, 3.05) is 18.0 Å². The molecule has 2 aliphatic rings. The van der Waals surface area contributed by atoms with Crippen LogP contribution >= 0.6 is 0 Å². The monoisotopic (exact) mass is 577 g/mol. The third-order valence-corrected chi connectivity index (χ3v) is 7.91. The van der Waals surface area contributed by atoms with Gasteiger partial charge < -0.3 is 23.6 Å². The minimum atomic E-state index is -1.02. The highest BCUT2D eigenvalue weighted by Crippen LogP contribution is 2.41. The van der Waals surface area contributed by atoms with Crippen LogP contribution < -0.4 is 4.90 Å². The topological polar surface area (TPSA) is 93.7 Å². The maximum absolute atomic E-state index is 14.3. The van der Waals surface area contributed by atoms with Crippen LogP contribution in [-0.4, -0.2) is 50.3 Å². The van der Waals surface area contributed by atoms with Gasteiger partial charge in [-0.3, -0.25) is 4.79 Å². The first-order valence-electron chi connectivity index (χ1n) is 14.1. The fourth-order valence-corrected chi connectivity index (χ4v) is 6.12. The van der Waals surface area contributed by atoms with Crippen LogP contribution in [0, 0.1) is 25.5 Å². The van der Waals surface area contributed by atoms with Crippen molar-refractivity contribution >= 4 is 28.7 Å². The minimum Gasteiger partial charge on any atom is -0.444 e. The molecule has 220 valence electrons. The Bertz CT molecular complexity index is 1690. The molecule has 2 aromatic heterocycles. The second-order valence-corrected chi connectivity index (χ2v) is 12.0. The first-order valence-corrected chi connectivity index (χ1v) is 14.1. The molecular weight excluding hydrogens is 544 g/mol. The van der Waals surface area contributed by atoms with Crippen LogP contribution in [0.25, 0.3) is 22.2 Å². The molecule has 0 radical (unpaired) electrons. The Kier molecular flexibility index (Phi) is 6.78. The molecule has 2 fully saturated rings. The maximum atomic E-state index is 14.3. The summed E-state index contributed by atoms with van der Waals surface area (Å²) in [5.41, 5.74) is 3.77. The number of anilines is 1. The largest absolute Gasteiger partial charge is 0.444 e. The van der Waals surface area contributed by atoms with Crippen LogP contribution in [0.2, 0.25) is 0 Å². The number of carbonyl (C=O) groups is 2. The number of rotatable bonds is 4. The van der Waals surface area contributed by atoms with E-state index in [1.807, 2.05) is 52.8 Å². The number of fused-ring (bicyclic) bond motifs is 1. The highest BCUT2D eigenvalue weighted by molar-refractivity contribution is 5.96. The third-order valence-electron chi connectivity index (χ3n) is 7.91. The normalized spacial score (nSPS) is 19.4. The summed E-state index contributed by atoms with van der Waals surface area (Å²) >= 11 is 0. The van der Waals surface area contributed by atoms with Gasteiger partial charge in [0.2, 0.25) is 5.91 Å². The molecule has 11 heteroatoms. The lowest BCUT2D eigenvalue weighted by Crippen LogP contribution is -2.35. The van der Waals surface area contributed by atoms with E-state index in [1.54, 1.807) is 4.90 Å². The van der Waals surface area contributed by atoms with Crippen molar-refractivity contribution in [1.29, 1.82) is 0 Å². The second-order valence-electron chi connectivity index (χ2n) is 12.0. The number of hydrogen-bond donors (Lipinski definition) is 0. The zero-order valence-electron chi connectivity index (χ0n) is 24.3. The summed E-state index contributed by atoms with van der Waals surface area (Å²) in [5, 5.41) is 4.09. The Morgan fingerprint density at radius 1 is 1.07 bits per heavy atom. The Balaban J connectivity index is 1.45. The zero-order chi connectivity index (χ0) is 29.9. The third kappa shape index (κ3) is 4.90. The van der Waals surface area contributed by atoms with Crippen molar-refractivity contribution in [2.24, 2.45) is 0 Å². The van der Waals surface area contributed by atoms with Gasteiger partial charge in [-0.05, 0) is 77.3 Å². The first-order chi connectivity index (χ1) is 19.9. The molecule has 0 unspecified atom stereocenters. The van der Waals surface area contributed by atoms with E-state index < -0.39 is 23.3 Å². The molecule has 9 nitrogen and oxygen atoms in total. The van der Waals surface area contributed by atoms with Crippen LogP contribution in [0.4, 0.5) is 19.3 Å². The van der Waals surface area contributed by atoms with Crippen LogP contribution in [0.3, 0.4) is 0 Å². The van der Waals surface area contributed by atoms with Gasteiger partial charge >= 0.3 is 6.09 Å². The Labute approximate surface area is 242 Å². The van der Waals surface area contributed by atoms with Crippen molar-refractivity contribution in [2.45, 2.75) is 71.6 Å². The highest BCUT2D eigenvalue weighted by Gasteiger charge is 2.40. The van der Waals surface area contributed by atoms with E-state index in [1.165, 1.54) is 11.0 Å². The number of aryl methyl sites for hydroxylation is 2. The molecule has 0 aliphatic carbocycles. The summed E-state index contributed by atoms with van der Waals surface area (Å²) in [6.45, 7) is 10.2. The number of likely N-dealkylation sites (tertiary alicyclic amines) is 1. The van der Waals surface area contributed by atoms with Gasteiger partial charge in [0.05, 0.1) is 28.8 Å². The number of ether oxygens (including phenoxy) is 1. The van der Waals surface area contributed by atoms with Crippen LogP contribution in [-0.2, 0) is 9.53 Å². The molecule has 42 heavy (non-hydrogen) atoms. The number of hydrogen-bond acceptors (Lipinski definition) is 6. The van der Waals surface area contributed by atoms with Crippen molar-refractivity contribution in [1.82, 2.24) is 19.6 Å². The summed E-state index contributed by atoms with van der Waals surface area (Å²) in [4.78, 5) is 34.3. The van der Waals surface area contributed by atoms with E-state index in [-0.39, 0.29) is 30.2 Å². The summed E-state index contributed by atoms with van der Waals surface area (Å²) in [6, 6.07) is 8.80. The number of carbonyl (C=O) groups excluding carboxylic acids is 2. The predicted octanol–water partition coefficient (Wildman–Crippen LogP) is 6.64. The van der Waals surface area contributed by atoms with Gasteiger partial charge in [0.1, 0.15) is 17.2 Å². The van der Waals surface area contributed by atoms with Gasteiger partial charge in [-0.25, -0.2) is 18.6 Å². The average molecular weight is 578 g/mol. The van der Waals surface area contributed by atoms with E-state index in [0.717, 1.165) is 34.5 Å². The standard InChI is InChI=1S/C31H33F2N5O4/c1-17-28(18(2)42-35-17)19-6-9-25-24(14-19)34-29(38(25)21-12-13-36(16-21)30(40)41-31(3,4)5)26-10-11-27(39)37(26)20-7-8-22(32)23(33)15-20/h6-9,14-15,21,26H,10-13,16H2,1-5H3/t21-,26+/m1/s1. The highest BCUT2D eigenvalue weighted by atomic mass is 19.2. The van der Waals surface area contributed by atoms with E-state index in [9.17, 15) is 18.4 Å². The van der Waals surface area contributed by atoms with Gasteiger partial charge in [0.15, 0.2) is 11.6 Å². The van der Waals surface area contributed by atoms with Gasteiger partial charge in [-0.15, -0.1) is 0 Å². The SMILES string of the molecule is Cc1noc(C)c1-c1ccc2c(c1)nc([C@@H]1CCC(=O)N1c1ccc(F)c(F)c1)n2[C@@H]1CCN(C(=O)OC(C)(C)C)C1. The Morgan fingerprint density at radius 3 is 2.55 bits per heavy atom. The number of amides is 2. The molecule has 2 aromatic carbocycles. The molecule has 0 bridgehead atoms. The first kappa shape index (κ1) is 27.9. The summed E-state index contributed by atoms with van der Waals surface area (Å²) in [6.07, 6.45) is 0.984. The molecule has 0 N–H and O–H groups in total. The molecule has 2 saturated heterocycles. The quantitative estimate of drug-likeness (QED) is 0.270. The number of benzene rings is 2. The molecule has 4 aromatic rings. The van der Waals surface area contributed by atoms with Crippen LogP contribution in [0.15, 0.2) is 40.9 Å². The molecule has 2 atom stereocenters. The molecule has 6 rings (SSSR count). The summed E-state index contributed by atoms with van der Waals surface area (Å²) in [7, 11) is 0.